The van der Waals surface area contributed by atoms with E-state index >= 15 is 0 Å². The van der Waals surface area contributed by atoms with Crippen molar-refractivity contribution in [2.75, 3.05) is 12.4 Å². The summed E-state index contributed by atoms with van der Waals surface area (Å²) in [6.45, 7) is 4.03. The smallest absolute Gasteiger partial charge is 0.252 e. The number of aromatic nitrogens is 2. The first-order chi connectivity index (χ1) is 11.5. The van der Waals surface area contributed by atoms with Crippen LogP contribution in [-0.2, 0) is 0 Å². The summed E-state index contributed by atoms with van der Waals surface area (Å²) in [5.41, 5.74) is 4.39. The van der Waals surface area contributed by atoms with Crippen LogP contribution in [0.4, 0.5) is 11.6 Å². The minimum atomic E-state index is -0.205. The molecule has 0 radical (unpaired) electrons. The topological polar surface area (TPSA) is 67.0 Å². The monoisotopic (exact) mass is 321 g/mol. The number of rotatable bonds is 4. The Morgan fingerprint density at radius 2 is 1.79 bits per heavy atom. The number of benzene rings is 2. The molecule has 24 heavy (non-hydrogen) atoms. The van der Waals surface area contributed by atoms with E-state index in [1.54, 1.807) is 7.11 Å². The van der Waals surface area contributed by atoms with Gasteiger partial charge in [-0.1, -0.05) is 12.1 Å². The Morgan fingerprint density at radius 3 is 2.50 bits per heavy atom. The van der Waals surface area contributed by atoms with Crippen LogP contribution in [0.5, 0.6) is 5.75 Å². The van der Waals surface area contributed by atoms with Crippen LogP contribution in [0.15, 0.2) is 53.3 Å². The third kappa shape index (κ3) is 3.46. The van der Waals surface area contributed by atoms with Crippen LogP contribution in [0.1, 0.15) is 11.1 Å². The Labute approximate surface area is 140 Å². The minimum Gasteiger partial charge on any atom is -0.497 e. The summed E-state index contributed by atoms with van der Waals surface area (Å²) >= 11 is 0. The van der Waals surface area contributed by atoms with Crippen molar-refractivity contribution in [1.29, 1.82) is 0 Å². The van der Waals surface area contributed by atoms with Crippen LogP contribution < -0.4 is 15.6 Å². The molecule has 0 unspecified atom stereocenters. The van der Waals surface area contributed by atoms with Gasteiger partial charge in [-0.2, -0.15) is 0 Å². The molecule has 1 aromatic heterocycles. The molecule has 0 aliphatic carbocycles. The maximum absolute atomic E-state index is 12.0. The van der Waals surface area contributed by atoms with E-state index in [1.165, 1.54) is 6.07 Å². The second kappa shape index (κ2) is 6.58. The Kier molecular flexibility index (Phi) is 4.33. The average molecular weight is 321 g/mol. The van der Waals surface area contributed by atoms with E-state index in [2.05, 4.69) is 15.3 Å². The van der Waals surface area contributed by atoms with Crippen LogP contribution in [-0.4, -0.2) is 17.1 Å². The number of hydrogen-bond acceptors (Lipinski definition) is 4. The van der Waals surface area contributed by atoms with Crippen molar-refractivity contribution < 1.29 is 4.74 Å². The molecule has 5 heteroatoms. The molecule has 0 fully saturated rings. The zero-order valence-corrected chi connectivity index (χ0v) is 13.9. The number of nitrogens with one attached hydrogen (secondary N) is 2. The standard InChI is InChI=1S/C19H19N3O2/c1-12-4-5-13(2)16(10-12)20-19-21-17(11-18(23)22-19)14-6-8-15(24-3)9-7-14/h4-11H,1-3H3,(H2,20,21,22,23). The number of ether oxygens (including phenoxy) is 1. The van der Waals surface area contributed by atoms with E-state index in [0.717, 1.165) is 28.1 Å². The maximum Gasteiger partial charge on any atom is 0.252 e. The molecule has 0 atom stereocenters. The van der Waals surface area contributed by atoms with E-state index in [4.69, 9.17) is 4.74 Å². The van der Waals surface area contributed by atoms with E-state index in [9.17, 15) is 4.79 Å². The quantitative estimate of drug-likeness (QED) is 0.767. The molecule has 0 saturated carbocycles. The van der Waals surface area contributed by atoms with Gasteiger partial charge >= 0.3 is 0 Å². The van der Waals surface area contributed by atoms with Gasteiger partial charge in [0.1, 0.15) is 5.75 Å². The summed E-state index contributed by atoms with van der Waals surface area (Å²) in [7, 11) is 1.62. The van der Waals surface area contributed by atoms with Crippen molar-refractivity contribution in [2.24, 2.45) is 0 Å². The molecule has 1 heterocycles. The zero-order valence-electron chi connectivity index (χ0n) is 13.9. The number of nitrogens with zero attached hydrogens (tertiary/aromatic N) is 1. The van der Waals surface area contributed by atoms with Crippen LogP contribution in [0, 0.1) is 13.8 Å². The third-order valence-corrected chi connectivity index (χ3v) is 3.77. The lowest BCUT2D eigenvalue weighted by atomic mass is 10.1. The van der Waals surface area contributed by atoms with Gasteiger partial charge in [0.15, 0.2) is 0 Å². The third-order valence-electron chi connectivity index (χ3n) is 3.77. The van der Waals surface area contributed by atoms with Gasteiger partial charge in [0.05, 0.1) is 12.8 Å². The van der Waals surface area contributed by atoms with Crippen LogP contribution >= 0.6 is 0 Å². The van der Waals surface area contributed by atoms with E-state index in [-0.39, 0.29) is 5.56 Å². The number of anilines is 2. The molecule has 0 aliphatic rings. The number of aromatic amines is 1. The second-order valence-electron chi connectivity index (χ2n) is 5.65. The molecule has 3 rings (SSSR count). The summed E-state index contributed by atoms with van der Waals surface area (Å²) < 4.78 is 5.16. The first-order valence-electron chi connectivity index (χ1n) is 7.65. The van der Waals surface area contributed by atoms with Crippen molar-refractivity contribution in [3.63, 3.8) is 0 Å². The second-order valence-corrected chi connectivity index (χ2v) is 5.65. The summed E-state index contributed by atoms with van der Waals surface area (Å²) in [5.74, 6) is 1.18. The summed E-state index contributed by atoms with van der Waals surface area (Å²) in [6.07, 6.45) is 0. The van der Waals surface area contributed by atoms with Crippen molar-refractivity contribution in [1.82, 2.24) is 9.97 Å². The molecular weight excluding hydrogens is 302 g/mol. The molecule has 2 aromatic carbocycles. The first kappa shape index (κ1) is 15.8. The Bertz CT molecular complexity index is 915. The van der Waals surface area contributed by atoms with Crippen LogP contribution in [0.25, 0.3) is 11.3 Å². The number of H-pyrrole nitrogens is 1. The van der Waals surface area contributed by atoms with E-state index in [0.29, 0.717) is 11.6 Å². The molecule has 3 aromatic rings. The highest BCUT2D eigenvalue weighted by molar-refractivity contribution is 5.64. The van der Waals surface area contributed by atoms with Gasteiger partial charge in [-0.05, 0) is 55.3 Å². The van der Waals surface area contributed by atoms with Crippen molar-refractivity contribution in [3.05, 3.63) is 70.0 Å². The van der Waals surface area contributed by atoms with Crippen molar-refractivity contribution in [2.45, 2.75) is 13.8 Å². The van der Waals surface area contributed by atoms with Crippen LogP contribution in [0.3, 0.4) is 0 Å². The fourth-order valence-electron chi connectivity index (χ4n) is 2.42. The van der Waals surface area contributed by atoms with Gasteiger partial charge in [-0.15, -0.1) is 0 Å². The molecule has 122 valence electrons. The van der Waals surface area contributed by atoms with Gasteiger partial charge in [-0.3, -0.25) is 9.78 Å². The summed E-state index contributed by atoms with van der Waals surface area (Å²) in [4.78, 5) is 19.2. The van der Waals surface area contributed by atoms with Gasteiger partial charge in [0, 0.05) is 17.3 Å². The molecule has 0 bridgehead atoms. The highest BCUT2D eigenvalue weighted by Gasteiger charge is 2.06. The predicted octanol–water partition coefficient (Wildman–Crippen LogP) is 3.81. The minimum absolute atomic E-state index is 0.205. The predicted molar refractivity (Wildman–Crippen MR) is 96.0 cm³/mol. The lowest BCUT2D eigenvalue weighted by molar-refractivity contribution is 0.415. The van der Waals surface area contributed by atoms with Gasteiger partial charge < -0.3 is 10.1 Å². The fraction of sp³-hybridized carbons (Fsp3) is 0.158. The highest BCUT2D eigenvalue weighted by atomic mass is 16.5. The maximum atomic E-state index is 12.0. The Hall–Kier alpha value is -3.08. The average Bonchev–Trinajstić information content (AvgIpc) is 2.58. The molecule has 0 amide bonds. The molecule has 0 aliphatic heterocycles. The Balaban J connectivity index is 1.96. The van der Waals surface area contributed by atoms with Gasteiger partial charge in [-0.25, -0.2) is 4.98 Å². The molecule has 2 N–H and O–H groups in total. The van der Waals surface area contributed by atoms with Crippen molar-refractivity contribution >= 4 is 11.6 Å². The van der Waals surface area contributed by atoms with E-state index in [1.807, 2.05) is 56.3 Å². The lowest BCUT2D eigenvalue weighted by Crippen LogP contribution is -2.11. The molecule has 0 saturated heterocycles. The molecular formula is C19H19N3O2. The largest absolute Gasteiger partial charge is 0.497 e. The number of hydrogen-bond donors (Lipinski definition) is 2. The van der Waals surface area contributed by atoms with Crippen LogP contribution in [0.2, 0.25) is 0 Å². The molecule has 5 nitrogen and oxygen atoms in total. The van der Waals surface area contributed by atoms with Crippen molar-refractivity contribution in [3.8, 4) is 17.0 Å². The first-order valence-corrected chi connectivity index (χ1v) is 7.65. The normalized spacial score (nSPS) is 10.5. The molecule has 0 spiro atoms. The Morgan fingerprint density at radius 1 is 1.04 bits per heavy atom. The summed E-state index contributed by atoms with van der Waals surface area (Å²) in [6, 6.07) is 15.0. The SMILES string of the molecule is COc1ccc(-c2cc(=O)[nH]c(Nc3cc(C)ccc3C)n2)cc1. The summed E-state index contributed by atoms with van der Waals surface area (Å²) in [5, 5.41) is 3.20. The van der Waals surface area contributed by atoms with Gasteiger partial charge in [0.2, 0.25) is 5.95 Å². The van der Waals surface area contributed by atoms with E-state index < -0.39 is 0 Å². The lowest BCUT2D eigenvalue weighted by Gasteiger charge is -2.11. The van der Waals surface area contributed by atoms with Gasteiger partial charge in [0.25, 0.3) is 5.56 Å². The number of aryl methyl sites for hydroxylation is 2. The number of methoxy groups -OCH3 is 1. The fourth-order valence-corrected chi connectivity index (χ4v) is 2.42. The highest BCUT2D eigenvalue weighted by Crippen LogP contribution is 2.23. The zero-order chi connectivity index (χ0) is 17.1.